The Bertz CT molecular complexity index is 1450. The van der Waals surface area contributed by atoms with E-state index in [0.717, 1.165) is 8.47 Å². The summed E-state index contributed by atoms with van der Waals surface area (Å²) in [5.74, 6) is -4.87. The molecular formula is C27H20BrCl2IN2O5. The molecule has 11 heteroatoms. The first-order valence-electron chi connectivity index (χ1n) is 12.0. The molecule has 38 heavy (non-hydrogen) atoms. The second-order valence-electron chi connectivity index (χ2n) is 10.1. The number of phenolic OH excluding ortho intramolecular Hbond substituents is 1. The van der Waals surface area contributed by atoms with Gasteiger partial charge in [-0.3, -0.25) is 29.0 Å². The fourth-order valence-corrected chi connectivity index (χ4v) is 8.46. The summed E-state index contributed by atoms with van der Waals surface area (Å²) >= 11 is 19.7. The predicted octanol–water partition coefficient (Wildman–Crippen LogP) is 4.91. The van der Waals surface area contributed by atoms with Crippen molar-refractivity contribution in [1.29, 1.82) is 0 Å². The standard InChI is InChI=1S/C27H20BrCl2IN2O5/c28-12-32-24(37)26(29)11-19-17(21(27(26,30)25(32)38)13-2-1-3-16(34)10-13)8-9-18-20(19)23(36)33(22(18)35)15-6-4-14(31)5-7-15/h1-8,10,18-21,34H,9,11-12H2. The number of phenols is 1. The third-order valence-corrected chi connectivity index (χ3v) is 10.9. The number of anilines is 1. The van der Waals surface area contributed by atoms with Crippen LogP contribution < -0.4 is 4.90 Å². The van der Waals surface area contributed by atoms with Gasteiger partial charge in [0, 0.05) is 9.49 Å². The maximum atomic E-state index is 13.9. The number of halogens is 4. The number of carbonyl (C=O) groups excluding carboxylic acids is 4. The van der Waals surface area contributed by atoms with E-state index < -0.39 is 45.2 Å². The number of benzene rings is 2. The van der Waals surface area contributed by atoms with E-state index in [9.17, 15) is 24.3 Å². The molecular weight excluding hydrogens is 710 g/mol. The highest BCUT2D eigenvalue weighted by Crippen LogP contribution is 2.65. The van der Waals surface area contributed by atoms with Crippen molar-refractivity contribution in [2.45, 2.75) is 28.5 Å². The van der Waals surface area contributed by atoms with Crippen molar-refractivity contribution < 1.29 is 24.3 Å². The fourth-order valence-electron chi connectivity index (χ4n) is 6.68. The second-order valence-corrected chi connectivity index (χ2v) is 13.1. The van der Waals surface area contributed by atoms with Crippen LogP contribution in [-0.4, -0.2) is 48.8 Å². The van der Waals surface area contributed by atoms with Crippen molar-refractivity contribution in [2.75, 3.05) is 10.4 Å². The molecule has 0 bridgehead atoms. The number of hydrogen-bond acceptors (Lipinski definition) is 5. The molecule has 2 aliphatic heterocycles. The monoisotopic (exact) mass is 728 g/mol. The van der Waals surface area contributed by atoms with Gasteiger partial charge in [0.15, 0.2) is 9.75 Å². The van der Waals surface area contributed by atoms with E-state index in [1.807, 2.05) is 18.2 Å². The average Bonchev–Trinajstić information content (AvgIpc) is 3.22. The van der Waals surface area contributed by atoms with Crippen molar-refractivity contribution in [3.05, 3.63) is 69.3 Å². The van der Waals surface area contributed by atoms with Gasteiger partial charge in [0.25, 0.3) is 11.8 Å². The number of allylic oxidation sites excluding steroid dienone is 2. The minimum absolute atomic E-state index is 0.0366. The van der Waals surface area contributed by atoms with Gasteiger partial charge in [0.05, 0.1) is 23.0 Å². The fraction of sp³-hybridized carbons (Fsp3) is 0.333. The van der Waals surface area contributed by atoms with E-state index in [4.69, 9.17) is 23.2 Å². The molecule has 7 nitrogen and oxygen atoms in total. The molecule has 3 fully saturated rings. The quantitative estimate of drug-likeness (QED) is 0.159. The first-order chi connectivity index (χ1) is 18.0. The summed E-state index contributed by atoms with van der Waals surface area (Å²) in [4.78, 5) is 53.2. The lowest BCUT2D eigenvalue weighted by Gasteiger charge is -2.50. The molecule has 0 aromatic heterocycles. The van der Waals surface area contributed by atoms with E-state index in [1.54, 1.807) is 24.3 Å². The van der Waals surface area contributed by atoms with E-state index in [-0.39, 0.29) is 35.9 Å². The van der Waals surface area contributed by atoms with Crippen molar-refractivity contribution in [1.82, 2.24) is 4.90 Å². The lowest BCUT2D eigenvalue weighted by Crippen LogP contribution is -2.60. The van der Waals surface area contributed by atoms with E-state index in [0.29, 0.717) is 16.8 Å². The number of aromatic hydroxyl groups is 1. The van der Waals surface area contributed by atoms with Crippen molar-refractivity contribution in [2.24, 2.45) is 17.8 Å². The zero-order valence-corrected chi connectivity index (χ0v) is 24.9. The van der Waals surface area contributed by atoms with E-state index >= 15 is 0 Å². The van der Waals surface area contributed by atoms with E-state index in [2.05, 4.69) is 38.5 Å². The van der Waals surface area contributed by atoms with Crippen molar-refractivity contribution in [3.8, 4) is 5.75 Å². The zero-order valence-electron chi connectivity index (χ0n) is 19.6. The largest absolute Gasteiger partial charge is 0.508 e. The molecule has 2 aromatic rings. The topological polar surface area (TPSA) is 95.0 Å². The molecule has 6 unspecified atom stereocenters. The summed E-state index contributed by atoms with van der Waals surface area (Å²) in [5.41, 5.74) is 1.59. The zero-order chi connectivity index (χ0) is 27.1. The van der Waals surface area contributed by atoms with Gasteiger partial charge in [-0.15, -0.1) is 23.2 Å². The lowest BCUT2D eigenvalue weighted by molar-refractivity contribution is -0.138. The predicted molar refractivity (Wildman–Crippen MR) is 153 cm³/mol. The van der Waals surface area contributed by atoms with Gasteiger partial charge >= 0.3 is 0 Å². The summed E-state index contributed by atoms with van der Waals surface area (Å²) in [5, 5.41) is 10.3. The smallest absolute Gasteiger partial charge is 0.254 e. The summed E-state index contributed by atoms with van der Waals surface area (Å²) in [6.07, 6.45) is 2.08. The number of nitrogens with zero attached hydrogens (tertiary/aromatic N) is 2. The average molecular weight is 730 g/mol. The van der Waals surface area contributed by atoms with Gasteiger partial charge < -0.3 is 5.11 Å². The molecule has 1 N–H and O–H groups in total. The first kappa shape index (κ1) is 26.3. The summed E-state index contributed by atoms with van der Waals surface area (Å²) in [6, 6.07) is 13.5. The van der Waals surface area contributed by atoms with Crippen molar-refractivity contribution >= 4 is 91.0 Å². The van der Waals surface area contributed by atoms with Crippen LogP contribution >= 0.6 is 61.7 Å². The molecule has 2 aromatic carbocycles. The Hall–Kier alpha value is -1.95. The van der Waals surface area contributed by atoms with Gasteiger partial charge in [0.1, 0.15) is 5.75 Å². The second kappa shape index (κ2) is 9.04. The van der Waals surface area contributed by atoms with E-state index in [1.165, 1.54) is 17.0 Å². The first-order valence-corrected chi connectivity index (χ1v) is 14.9. The van der Waals surface area contributed by atoms with Gasteiger partial charge in [-0.25, -0.2) is 0 Å². The number of likely N-dealkylation sites (tertiary alicyclic amines) is 1. The maximum absolute atomic E-state index is 13.9. The molecule has 0 radical (unpaired) electrons. The highest BCUT2D eigenvalue weighted by atomic mass is 127. The summed E-state index contributed by atoms with van der Waals surface area (Å²) in [6.45, 7) is 0. The van der Waals surface area contributed by atoms with Crippen LogP contribution in [0.15, 0.2) is 60.2 Å². The third kappa shape index (κ3) is 3.37. The number of hydrogen-bond donors (Lipinski definition) is 1. The van der Waals surface area contributed by atoms with Crippen LogP contribution in [-0.2, 0) is 19.2 Å². The highest BCUT2D eigenvalue weighted by Gasteiger charge is 2.76. The Morgan fingerprint density at radius 3 is 2.37 bits per heavy atom. The number of rotatable bonds is 3. The van der Waals surface area contributed by atoms with Crippen molar-refractivity contribution in [3.63, 3.8) is 0 Å². The molecule has 4 aliphatic rings. The number of alkyl halides is 3. The molecule has 6 atom stereocenters. The number of fused-ring (bicyclic) bond motifs is 4. The Kier molecular flexibility index (Phi) is 6.25. The van der Waals surface area contributed by atoms with Gasteiger partial charge in [0.2, 0.25) is 11.8 Å². The molecule has 2 aliphatic carbocycles. The SMILES string of the molecule is O=C1C2CC=C3C(CC4(Cl)C(=O)N(CBr)C(=O)C4(Cl)C3c3cccc(O)c3)C2C(=O)N1c1ccc(I)cc1. The molecule has 196 valence electrons. The Morgan fingerprint density at radius 1 is 1.00 bits per heavy atom. The van der Waals surface area contributed by atoms with Crippen LogP contribution in [0.3, 0.4) is 0 Å². The minimum atomic E-state index is -1.89. The Morgan fingerprint density at radius 2 is 1.71 bits per heavy atom. The molecule has 0 spiro atoms. The summed E-state index contributed by atoms with van der Waals surface area (Å²) < 4.78 is 0.969. The van der Waals surface area contributed by atoms with Crippen LogP contribution in [0.25, 0.3) is 0 Å². The Labute approximate surface area is 250 Å². The van der Waals surface area contributed by atoms with Crippen LogP contribution in [0.1, 0.15) is 24.3 Å². The normalized spacial score (nSPS) is 34.3. The van der Waals surface area contributed by atoms with Crippen LogP contribution in [0, 0.1) is 21.3 Å². The van der Waals surface area contributed by atoms with Gasteiger partial charge in [-0.2, -0.15) is 0 Å². The molecule has 2 saturated heterocycles. The van der Waals surface area contributed by atoms with Crippen LogP contribution in [0.5, 0.6) is 5.75 Å². The highest BCUT2D eigenvalue weighted by molar-refractivity contribution is 14.1. The minimum Gasteiger partial charge on any atom is -0.508 e. The number of amides is 4. The maximum Gasteiger partial charge on any atom is 0.254 e. The van der Waals surface area contributed by atoms with Gasteiger partial charge in [-0.05, 0) is 83.3 Å². The lowest BCUT2D eigenvalue weighted by atomic mass is 9.56. The molecule has 1 saturated carbocycles. The Balaban J connectivity index is 1.51. The number of carbonyl (C=O) groups is 4. The van der Waals surface area contributed by atoms with Crippen LogP contribution in [0.4, 0.5) is 5.69 Å². The third-order valence-electron chi connectivity index (χ3n) is 8.30. The molecule has 6 rings (SSSR count). The van der Waals surface area contributed by atoms with Crippen LogP contribution in [0.2, 0.25) is 0 Å². The number of imide groups is 2. The van der Waals surface area contributed by atoms with Gasteiger partial charge in [-0.1, -0.05) is 39.7 Å². The summed E-state index contributed by atoms with van der Waals surface area (Å²) in [7, 11) is 0. The molecule has 2 heterocycles. The molecule has 4 amide bonds.